The van der Waals surface area contributed by atoms with Crippen molar-refractivity contribution >= 4 is 17.9 Å². The third kappa shape index (κ3) is 7.61. The van der Waals surface area contributed by atoms with Gasteiger partial charge in [0.25, 0.3) is 5.91 Å². The first kappa shape index (κ1) is 23.6. The minimum atomic E-state index is -0.924. The van der Waals surface area contributed by atoms with Crippen molar-refractivity contribution < 1.29 is 23.0 Å². The molecule has 0 radical (unpaired) electrons. The summed E-state index contributed by atoms with van der Waals surface area (Å²) in [4.78, 5) is 15.3. The smallest absolute Gasteiger partial charge is 0.291 e. The molecule has 0 fully saturated rings. The van der Waals surface area contributed by atoms with E-state index in [2.05, 4.69) is 10.3 Å². The van der Waals surface area contributed by atoms with Crippen LogP contribution in [0.1, 0.15) is 18.1 Å². The molecule has 0 aromatic heterocycles. The molecule has 3 N–H and O–H groups in total. The number of hydrogen-bond donors (Lipinski definition) is 2. The van der Waals surface area contributed by atoms with E-state index in [1.54, 1.807) is 14.0 Å². The minimum Gasteiger partial charge on any atom is -0.496 e. The third-order valence-electron chi connectivity index (χ3n) is 3.80. The highest BCUT2D eigenvalue weighted by Crippen LogP contribution is 2.21. The second kappa shape index (κ2) is 12.1. The lowest BCUT2D eigenvalue weighted by Gasteiger charge is -2.05. The van der Waals surface area contributed by atoms with Gasteiger partial charge in [-0.05, 0) is 49.8 Å². The van der Waals surface area contributed by atoms with Crippen molar-refractivity contribution in [3.05, 3.63) is 71.0 Å². The van der Waals surface area contributed by atoms with Crippen LogP contribution in [0.2, 0.25) is 0 Å². The van der Waals surface area contributed by atoms with Gasteiger partial charge < -0.3 is 20.5 Å². The number of amides is 1. The van der Waals surface area contributed by atoms with Gasteiger partial charge in [0, 0.05) is 11.3 Å². The van der Waals surface area contributed by atoms with Crippen molar-refractivity contribution in [3.63, 3.8) is 0 Å². The number of carbonyl (C=O) groups excluding carboxylic acids is 1. The van der Waals surface area contributed by atoms with Crippen molar-refractivity contribution in [3.8, 4) is 5.75 Å². The summed E-state index contributed by atoms with van der Waals surface area (Å²) in [5, 5.41) is 2.39. The second-order valence-corrected chi connectivity index (χ2v) is 5.72. The van der Waals surface area contributed by atoms with Crippen LogP contribution < -0.4 is 15.8 Å². The molecule has 0 unspecified atom stereocenters. The van der Waals surface area contributed by atoms with Crippen molar-refractivity contribution in [2.24, 2.45) is 4.99 Å². The van der Waals surface area contributed by atoms with Gasteiger partial charge in [-0.2, -0.15) is 0 Å². The maximum atomic E-state index is 12.9. The highest BCUT2D eigenvalue weighted by Gasteiger charge is 2.05. The van der Waals surface area contributed by atoms with E-state index in [9.17, 15) is 13.6 Å². The van der Waals surface area contributed by atoms with Crippen molar-refractivity contribution in [1.82, 2.24) is 5.32 Å². The number of carbonyl (C=O) groups is 1. The third-order valence-corrected chi connectivity index (χ3v) is 3.80. The number of halogens is 2. The Bertz CT molecular complexity index is 883. The standard InChI is InChI=1S/C13H14F2N2O2.C8H11NO/c1-3-12(19-2)13(18)17-8-16-7-9-4-5-10(14)11(15)6-9;1-6-7(9)4-3-5-8(6)10-2/h3-6,8H,7H2,1-2H3,(H,16,17,18);3-5H,9H2,1-2H3/b12-3+;. The van der Waals surface area contributed by atoms with Gasteiger partial charge in [-0.25, -0.2) is 8.78 Å². The zero-order valence-corrected chi connectivity index (χ0v) is 16.8. The lowest BCUT2D eigenvalue weighted by molar-refractivity contribution is -0.118. The van der Waals surface area contributed by atoms with Crippen LogP contribution in [0, 0.1) is 18.6 Å². The first-order chi connectivity index (χ1) is 13.8. The van der Waals surface area contributed by atoms with Crippen LogP contribution in [0.4, 0.5) is 14.5 Å². The summed E-state index contributed by atoms with van der Waals surface area (Å²) in [5.41, 5.74) is 7.90. The van der Waals surface area contributed by atoms with Crippen LogP contribution in [0.25, 0.3) is 0 Å². The van der Waals surface area contributed by atoms with E-state index in [-0.39, 0.29) is 12.3 Å². The number of nitrogens with two attached hydrogens (primary N) is 1. The predicted octanol–water partition coefficient (Wildman–Crippen LogP) is 3.75. The number of allylic oxidation sites excluding steroid dienone is 1. The first-order valence-corrected chi connectivity index (χ1v) is 8.66. The number of methoxy groups -OCH3 is 2. The van der Waals surface area contributed by atoms with Crippen LogP contribution in [-0.2, 0) is 16.1 Å². The molecule has 0 atom stereocenters. The van der Waals surface area contributed by atoms with E-state index in [4.69, 9.17) is 15.2 Å². The number of rotatable bonds is 6. The number of anilines is 1. The zero-order chi connectivity index (χ0) is 21.8. The molecule has 29 heavy (non-hydrogen) atoms. The molecule has 0 aliphatic carbocycles. The van der Waals surface area contributed by atoms with Crippen molar-refractivity contribution in [1.29, 1.82) is 0 Å². The van der Waals surface area contributed by atoms with Gasteiger partial charge >= 0.3 is 0 Å². The Labute approximate surface area is 169 Å². The molecule has 0 aliphatic rings. The van der Waals surface area contributed by atoms with Crippen molar-refractivity contribution in [2.45, 2.75) is 20.4 Å². The van der Waals surface area contributed by atoms with Crippen LogP contribution in [-0.4, -0.2) is 26.5 Å². The maximum Gasteiger partial charge on any atom is 0.291 e. The monoisotopic (exact) mass is 405 g/mol. The normalized spacial score (nSPS) is 10.9. The summed E-state index contributed by atoms with van der Waals surface area (Å²) in [6, 6.07) is 9.14. The van der Waals surface area contributed by atoms with E-state index in [0.29, 0.717) is 5.56 Å². The Balaban J connectivity index is 0.000000352. The van der Waals surface area contributed by atoms with Crippen LogP contribution in [0.5, 0.6) is 5.75 Å². The lowest BCUT2D eigenvalue weighted by Crippen LogP contribution is -2.24. The lowest BCUT2D eigenvalue weighted by atomic mass is 10.2. The Morgan fingerprint density at radius 3 is 2.48 bits per heavy atom. The number of nitrogen functional groups attached to an aromatic ring is 1. The summed E-state index contributed by atoms with van der Waals surface area (Å²) in [7, 11) is 3.02. The highest BCUT2D eigenvalue weighted by atomic mass is 19.2. The molecule has 156 valence electrons. The molecule has 0 saturated heterocycles. The fraction of sp³-hybridized carbons (Fsp3) is 0.238. The molecule has 0 bridgehead atoms. The van der Waals surface area contributed by atoms with E-state index >= 15 is 0 Å². The summed E-state index contributed by atoms with van der Waals surface area (Å²) < 4.78 is 35.4. The van der Waals surface area contributed by atoms with Crippen molar-refractivity contribution in [2.75, 3.05) is 20.0 Å². The summed E-state index contributed by atoms with van der Waals surface area (Å²) >= 11 is 0. The number of hydrogen-bond acceptors (Lipinski definition) is 5. The number of ether oxygens (including phenoxy) is 2. The number of nitrogens with zero attached hydrogens (tertiary/aromatic N) is 1. The highest BCUT2D eigenvalue weighted by molar-refractivity contribution is 5.98. The molecule has 0 saturated carbocycles. The van der Waals surface area contributed by atoms with Crippen LogP contribution >= 0.6 is 0 Å². The molecule has 2 aromatic carbocycles. The summed E-state index contributed by atoms with van der Waals surface area (Å²) in [5.74, 6) is -1.25. The van der Waals surface area contributed by atoms with Gasteiger partial charge in [-0.3, -0.25) is 9.79 Å². The topological polar surface area (TPSA) is 85.9 Å². The van der Waals surface area contributed by atoms with E-state index in [1.807, 2.05) is 25.1 Å². The summed E-state index contributed by atoms with van der Waals surface area (Å²) in [6.45, 7) is 3.74. The number of aliphatic imine (C=N–C) groups is 1. The van der Waals surface area contributed by atoms with E-state index in [0.717, 1.165) is 29.1 Å². The van der Waals surface area contributed by atoms with E-state index in [1.165, 1.54) is 25.6 Å². The van der Waals surface area contributed by atoms with Crippen LogP contribution in [0.15, 0.2) is 53.2 Å². The van der Waals surface area contributed by atoms with Gasteiger partial charge in [0.05, 0.1) is 27.1 Å². The predicted molar refractivity (Wildman–Crippen MR) is 110 cm³/mol. The number of nitrogens with one attached hydrogen (secondary N) is 1. The molecule has 2 rings (SSSR count). The average Bonchev–Trinajstić information content (AvgIpc) is 2.71. The fourth-order valence-electron chi connectivity index (χ4n) is 2.16. The molecule has 6 nitrogen and oxygen atoms in total. The molecule has 1 amide bonds. The molecular formula is C21H25F2N3O3. The van der Waals surface area contributed by atoms with E-state index < -0.39 is 17.5 Å². The van der Waals surface area contributed by atoms with Crippen LogP contribution in [0.3, 0.4) is 0 Å². The van der Waals surface area contributed by atoms with Gasteiger partial charge in [0.1, 0.15) is 5.75 Å². The molecule has 0 heterocycles. The quantitative estimate of drug-likeness (QED) is 0.252. The number of benzene rings is 2. The van der Waals surface area contributed by atoms with Gasteiger partial charge in [-0.15, -0.1) is 0 Å². The Morgan fingerprint density at radius 1 is 1.21 bits per heavy atom. The second-order valence-electron chi connectivity index (χ2n) is 5.72. The fourth-order valence-corrected chi connectivity index (χ4v) is 2.16. The molecule has 8 heteroatoms. The Kier molecular flexibility index (Phi) is 9.87. The largest absolute Gasteiger partial charge is 0.496 e. The zero-order valence-electron chi connectivity index (χ0n) is 16.8. The SMILES string of the molecule is C/C=C(/OC)C(=O)NC=NCc1ccc(F)c(F)c1.COc1cccc(N)c1C. The van der Waals surface area contributed by atoms with Gasteiger partial charge in [0.15, 0.2) is 17.4 Å². The molecule has 0 spiro atoms. The Hall–Kier alpha value is -3.42. The Morgan fingerprint density at radius 2 is 1.93 bits per heavy atom. The van der Waals surface area contributed by atoms with Gasteiger partial charge in [-0.1, -0.05) is 12.1 Å². The first-order valence-electron chi connectivity index (χ1n) is 8.66. The summed E-state index contributed by atoms with van der Waals surface area (Å²) in [6.07, 6.45) is 2.70. The molecular weight excluding hydrogens is 380 g/mol. The van der Waals surface area contributed by atoms with Gasteiger partial charge in [0.2, 0.25) is 0 Å². The minimum absolute atomic E-state index is 0.135. The molecule has 0 aliphatic heterocycles. The molecule has 2 aromatic rings. The average molecular weight is 405 g/mol. The maximum absolute atomic E-state index is 12.9.